The van der Waals surface area contributed by atoms with Crippen LogP contribution in [0, 0.1) is 11.3 Å². The van der Waals surface area contributed by atoms with Crippen molar-refractivity contribution in [3.05, 3.63) is 59.2 Å². The minimum absolute atomic E-state index is 0.0930. The van der Waals surface area contributed by atoms with Crippen molar-refractivity contribution in [2.45, 2.75) is 6.61 Å². The van der Waals surface area contributed by atoms with E-state index in [1.165, 1.54) is 7.11 Å². The number of nitrogens with two attached hydrogens (primary N) is 1. The Hall–Kier alpha value is -3.00. The highest BCUT2D eigenvalue weighted by atomic mass is 16.5. The van der Waals surface area contributed by atoms with E-state index in [-0.39, 0.29) is 6.61 Å². The number of nitrogens with zero attached hydrogens (tertiary/aromatic N) is 1. The molecule has 21 heavy (non-hydrogen) atoms. The molecule has 0 saturated heterocycles. The third-order valence-electron chi connectivity index (χ3n) is 2.88. The largest absolute Gasteiger partial charge is 0.495 e. The summed E-state index contributed by atoms with van der Waals surface area (Å²) in [4.78, 5) is 11.9. The highest BCUT2D eigenvalue weighted by molar-refractivity contribution is 5.90. The van der Waals surface area contributed by atoms with E-state index in [1.807, 2.05) is 6.07 Å². The van der Waals surface area contributed by atoms with Gasteiger partial charge in [-0.1, -0.05) is 12.1 Å². The molecule has 0 aliphatic heterocycles. The fourth-order valence-electron chi connectivity index (χ4n) is 1.82. The number of benzene rings is 2. The predicted molar refractivity (Wildman–Crippen MR) is 77.7 cm³/mol. The Morgan fingerprint density at radius 1 is 1.29 bits per heavy atom. The van der Waals surface area contributed by atoms with Gasteiger partial charge in [0.05, 0.1) is 18.2 Å². The molecule has 0 unspecified atom stereocenters. The van der Waals surface area contributed by atoms with Crippen LogP contribution in [0.2, 0.25) is 0 Å². The number of nitrogen functional groups attached to an aromatic ring is 1. The molecule has 0 bridgehead atoms. The standard InChI is InChI=1S/C16H14N2O3/c1-20-15-7-11(5-6-13(15)9-17)10-21-16(19)12-3-2-4-14(18)8-12/h2-8H,10,18H2,1H3. The molecule has 2 aromatic carbocycles. The van der Waals surface area contributed by atoms with E-state index in [9.17, 15) is 4.79 Å². The van der Waals surface area contributed by atoms with Gasteiger partial charge >= 0.3 is 5.97 Å². The first-order valence-electron chi connectivity index (χ1n) is 6.23. The number of rotatable bonds is 4. The number of hydrogen-bond acceptors (Lipinski definition) is 5. The highest BCUT2D eigenvalue weighted by Gasteiger charge is 2.09. The van der Waals surface area contributed by atoms with E-state index >= 15 is 0 Å². The number of ether oxygens (including phenoxy) is 2. The third-order valence-corrected chi connectivity index (χ3v) is 2.88. The molecule has 2 rings (SSSR count). The Morgan fingerprint density at radius 2 is 2.10 bits per heavy atom. The van der Waals surface area contributed by atoms with Gasteiger partial charge in [0.15, 0.2) is 0 Å². The summed E-state index contributed by atoms with van der Waals surface area (Å²) in [5.41, 5.74) is 7.69. The van der Waals surface area contributed by atoms with Gasteiger partial charge in [0.25, 0.3) is 0 Å². The molecule has 0 aliphatic rings. The van der Waals surface area contributed by atoms with Gasteiger partial charge in [-0.3, -0.25) is 0 Å². The van der Waals surface area contributed by atoms with E-state index in [4.69, 9.17) is 20.5 Å². The van der Waals surface area contributed by atoms with Gasteiger partial charge in [0.2, 0.25) is 0 Å². The molecule has 0 heterocycles. The zero-order chi connectivity index (χ0) is 15.2. The fourth-order valence-corrected chi connectivity index (χ4v) is 1.82. The monoisotopic (exact) mass is 282 g/mol. The van der Waals surface area contributed by atoms with E-state index in [0.717, 1.165) is 5.56 Å². The van der Waals surface area contributed by atoms with E-state index in [0.29, 0.717) is 22.6 Å². The Balaban J connectivity index is 2.06. The molecule has 0 fully saturated rings. The maximum absolute atomic E-state index is 11.9. The molecule has 0 aromatic heterocycles. The second-order valence-electron chi connectivity index (χ2n) is 4.35. The number of carbonyl (C=O) groups excluding carboxylic acids is 1. The van der Waals surface area contributed by atoms with Gasteiger partial charge in [0.1, 0.15) is 18.4 Å². The average Bonchev–Trinajstić information content (AvgIpc) is 2.52. The summed E-state index contributed by atoms with van der Waals surface area (Å²) >= 11 is 0. The van der Waals surface area contributed by atoms with Crippen molar-refractivity contribution in [1.29, 1.82) is 5.26 Å². The SMILES string of the molecule is COc1cc(COC(=O)c2cccc(N)c2)ccc1C#N. The van der Waals surface area contributed by atoms with Crippen LogP contribution in [-0.4, -0.2) is 13.1 Å². The lowest BCUT2D eigenvalue weighted by atomic mass is 10.1. The molecule has 0 atom stereocenters. The van der Waals surface area contributed by atoms with Crippen LogP contribution in [0.3, 0.4) is 0 Å². The smallest absolute Gasteiger partial charge is 0.338 e. The molecule has 5 nitrogen and oxygen atoms in total. The van der Waals surface area contributed by atoms with Crippen LogP contribution in [0.5, 0.6) is 5.75 Å². The van der Waals surface area contributed by atoms with Gasteiger partial charge in [-0.15, -0.1) is 0 Å². The average molecular weight is 282 g/mol. The second kappa shape index (κ2) is 6.44. The topological polar surface area (TPSA) is 85.3 Å². The Morgan fingerprint density at radius 3 is 2.76 bits per heavy atom. The van der Waals surface area contributed by atoms with Crippen molar-refractivity contribution in [2.75, 3.05) is 12.8 Å². The van der Waals surface area contributed by atoms with Crippen LogP contribution >= 0.6 is 0 Å². The van der Waals surface area contributed by atoms with Gasteiger partial charge in [-0.2, -0.15) is 5.26 Å². The summed E-state index contributed by atoms with van der Waals surface area (Å²) in [6, 6.07) is 13.6. The predicted octanol–water partition coefficient (Wildman–Crippen LogP) is 2.51. The van der Waals surface area contributed by atoms with Crippen molar-refractivity contribution < 1.29 is 14.3 Å². The Labute approximate surface area is 122 Å². The van der Waals surface area contributed by atoms with E-state index in [1.54, 1.807) is 42.5 Å². The molecular weight excluding hydrogens is 268 g/mol. The van der Waals surface area contributed by atoms with Crippen molar-refractivity contribution in [3.8, 4) is 11.8 Å². The molecule has 0 amide bonds. The summed E-state index contributed by atoms with van der Waals surface area (Å²) in [5.74, 6) is 0.000584. The molecule has 2 N–H and O–H groups in total. The number of carbonyl (C=O) groups is 1. The second-order valence-corrected chi connectivity index (χ2v) is 4.35. The Kier molecular flexibility index (Phi) is 4.42. The maximum Gasteiger partial charge on any atom is 0.338 e. The summed E-state index contributed by atoms with van der Waals surface area (Å²) in [6.45, 7) is 0.0930. The molecule has 0 spiro atoms. The van der Waals surface area contributed by atoms with Crippen LogP contribution in [0.25, 0.3) is 0 Å². The summed E-state index contributed by atoms with van der Waals surface area (Å²) in [5, 5.41) is 8.91. The number of hydrogen-bond donors (Lipinski definition) is 1. The molecule has 106 valence electrons. The van der Waals surface area contributed by atoms with Crippen molar-refractivity contribution in [1.82, 2.24) is 0 Å². The van der Waals surface area contributed by atoms with Gasteiger partial charge in [0, 0.05) is 5.69 Å². The van der Waals surface area contributed by atoms with Crippen molar-refractivity contribution in [2.24, 2.45) is 0 Å². The Bertz CT molecular complexity index is 705. The van der Waals surface area contributed by atoms with Crippen molar-refractivity contribution in [3.63, 3.8) is 0 Å². The molecular formula is C16H14N2O3. The fraction of sp³-hybridized carbons (Fsp3) is 0.125. The van der Waals surface area contributed by atoms with Gasteiger partial charge in [-0.05, 0) is 35.9 Å². The lowest BCUT2D eigenvalue weighted by Gasteiger charge is -2.08. The summed E-state index contributed by atoms with van der Waals surface area (Å²) in [6.07, 6.45) is 0. The lowest BCUT2D eigenvalue weighted by Crippen LogP contribution is -2.06. The van der Waals surface area contributed by atoms with Crippen LogP contribution in [-0.2, 0) is 11.3 Å². The molecule has 0 saturated carbocycles. The third kappa shape index (κ3) is 3.51. The zero-order valence-corrected chi connectivity index (χ0v) is 11.5. The summed E-state index contributed by atoms with van der Waals surface area (Å²) < 4.78 is 10.3. The number of methoxy groups -OCH3 is 1. The van der Waals surface area contributed by atoms with Crippen LogP contribution in [0.4, 0.5) is 5.69 Å². The quantitative estimate of drug-likeness (QED) is 0.688. The highest BCUT2D eigenvalue weighted by Crippen LogP contribution is 2.20. The normalized spacial score (nSPS) is 9.71. The van der Waals surface area contributed by atoms with E-state index in [2.05, 4.69) is 0 Å². The number of esters is 1. The molecule has 0 radical (unpaired) electrons. The van der Waals surface area contributed by atoms with Crippen LogP contribution in [0.1, 0.15) is 21.5 Å². The van der Waals surface area contributed by atoms with Crippen LogP contribution in [0.15, 0.2) is 42.5 Å². The molecule has 0 aliphatic carbocycles. The number of nitriles is 1. The molecule has 5 heteroatoms. The van der Waals surface area contributed by atoms with Gasteiger partial charge in [-0.25, -0.2) is 4.79 Å². The minimum atomic E-state index is -0.453. The van der Waals surface area contributed by atoms with Crippen LogP contribution < -0.4 is 10.5 Å². The minimum Gasteiger partial charge on any atom is -0.495 e. The number of anilines is 1. The zero-order valence-electron chi connectivity index (χ0n) is 11.5. The van der Waals surface area contributed by atoms with E-state index < -0.39 is 5.97 Å². The summed E-state index contributed by atoms with van der Waals surface area (Å²) in [7, 11) is 1.48. The first-order valence-corrected chi connectivity index (χ1v) is 6.23. The maximum atomic E-state index is 11.9. The lowest BCUT2D eigenvalue weighted by molar-refractivity contribution is 0.0472. The first-order chi connectivity index (χ1) is 10.1. The molecule has 2 aromatic rings. The first kappa shape index (κ1) is 14.4. The van der Waals surface area contributed by atoms with Gasteiger partial charge < -0.3 is 15.2 Å². The van der Waals surface area contributed by atoms with Crippen molar-refractivity contribution >= 4 is 11.7 Å².